The van der Waals surface area contributed by atoms with Crippen LogP contribution in [0.15, 0.2) is 10.6 Å². The van der Waals surface area contributed by atoms with Crippen molar-refractivity contribution in [1.82, 2.24) is 5.16 Å². The zero-order valence-electron chi connectivity index (χ0n) is 10.2. The van der Waals surface area contributed by atoms with Gasteiger partial charge in [-0.3, -0.25) is 4.79 Å². The Bertz CT molecular complexity index is 431. The number of aromatic nitrogens is 1. The summed E-state index contributed by atoms with van der Waals surface area (Å²) in [6, 6.07) is 1.36. The Morgan fingerprint density at radius 3 is 2.33 bits per heavy atom. The van der Waals surface area contributed by atoms with Gasteiger partial charge in [-0.15, -0.1) is 0 Å². The molecule has 0 bridgehead atoms. The second-order valence-corrected chi connectivity index (χ2v) is 5.07. The Morgan fingerprint density at radius 2 is 2.00 bits per heavy atom. The summed E-state index contributed by atoms with van der Waals surface area (Å²) in [6.07, 6.45) is -5.52. The van der Waals surface area contributed by atoms with Crippen LogP contribution in [0.3, 0.4) is 0 Å². The number of rotatable bonds is 3. The van der Waals surface area contributed by atoms with Crippen LogP contribution in [-0.2, 0) is 16.6 Å². The summed E-state index contributed by atoms with van der Waals surface area (Å²) in [4.78, 5) is 10.6. The van der Waals surface area contributed by atoms with Crippen LogP contribution >= 0.6 is 0 Å². The van der Waals surface area contributed by atoms with Crippen LogP contribution in [0.5, 0.6) is 0 Å². The first-order valence-corrected chi connectivity index (χ1v) is 5.27. The van der Waals surface area contributed by atoms with E-state index < -0.39 is 24.5 Å². The average molecular weight is 265 g/mol. The van der Waals surface area contributed by atoms with E-state index in [4.69, 9.17) is 9.63 Å². The lowest BCUT2D eigenvalue weighted by Gasteiger charge is -2.14. The Kier molecular flexibility index (Phi) is 3.73. The molecule has 0 saturated heterocycles. The van der Waals surface area contributed by atoms with Crippen LogP contribution in [-0.4, -0.2) is 22.4 Å². The van der Waals surface area contributed by atoms with Gasteiger partial charge in [0.15, 0.2) is 5.92 Å². The summed E-state index contributed by atoms with van der Waals surface area (Å²) in [7, 11) is 0. The van der Waals surface area contributed by atoms with Gasteiger partial charge in [-0.2, -0.15) is 13.2 Å². The normalized spacial score (nSPS) is 14.6. The molecule has 0 aliphatic rings. The van der Waals surface area contributed by atoms with Crippen LogP contribution in [0.1, 0.15) is 32.2 Å². The van der Waals surface area contributed by atoms with Gasteiger partial charge in [0.2, 0.25) is 0 Å². The number of halogens is 3. The maximum Gasteiger partial charge on any atom is 0.402 e. The fraction of sp³-hybridized carbons (Fsp3) is 0.636. The zero-order chi connectivity index (χ0) is 14.1. The highest BCUT2D eigenvalue weighted by atomic mass is 19.4. The van der Waals surface area contributed by atoms with Gasteiger partial charge < -0.3 is 9.63 Å². The van der Waals surface area contributed by atoms with Crippen LogP contribution in [0, 0.1) is 5.92 Å². The lowest BCUT2D eigenvalue weighted by Crippen LogP contribution is -2.32. The smallest absolute Gasteiger partial charge is 0.402 e. The van der Waals surface area contributed by atoms with Gasteiger partial charge in [0.05, 0.1) is 5.69 Å². The fourth-order valence-electron chi connectivity index (χ4n) is 1.31. The van der Waals surface area contributed by atoms with Crippen LogP contribution in [0.4, 0.5) is 13.2 Å². The monoisotopic (exact) mass is 265 g/mol. The number of hydrogen-bond donors (Lipinski definition) is 1. The van der Waals surface area contributed by atoms with E-state index in [0.29, 0.717) is 5.76 Å². The topological polar surface area (TPSA) is 63.3 Å². The Balaban J connectivity index is 2.90. The molecule has 1 unspecified atom stereocenters. The van der Waals surface area contributed by atoms with E-state index in [1.54, 1.807) is 0 Å². The van der Waals surface area contributed by atoms with Gasteiger partial charge in [0, 0.05) is 17.9 Å². The predicted molar refractivity (Wildman–Crippen MR) is 56.1 cm³/mol. The van der Waals surface area contributed by atoms with Crippen molar-refractivity contribution in [2.24, 2.45) is 5.92 Å². The number of carboxylic acid groups (broad SMARTS) is 1. The number of nitrogens with zero attached hydrogens (tertiary/aromatic N) is 1. The molecule has 1 rings (SSSR count). The molecule has 1 aromatic heterocycles. The van der Waals surface area contributed by atoms with E-state index in [0.717, 1.165) is 0 Å². The SMILES string of the molecule is CC(C)(C)c1cc(CC(C(=O)O)C(F)(F)F)no1. The van der Waals surface area contributed by atoms with Crippen molar-refractivity contribution in [3.63, 3.8) is 0 Å². The molecule has 1 atom stereocenters. The number of alkyl halides is 3. The molecule has 0 aliphatic heterocycles. The van der Waals surface area contributed by atoms with E-state index >= 15 is 0 Å². The average Bonchev–Trinajstić information content (AvgIpc) is 2.58. The molecular weight excluding hydrogens is 251 g/mol. The van der Waals surface area contributed by atoms with Gasteiger partial charge in [-0.05, 0) is 0 Å². The minimum atomic E-state index is -4.80. The van der Waals surface area contributed by atoms with Crippen molar-refractivity contribution in [3.8, 4) is 0 Å². The molecule has 0 spiro atoms. The molecule has 1 heterocycles. The maximum absolute atomic E-state index is 12.5. The maximum atomic E-state index is 12.5. The molecule has 0 aliphatic carbocycles. The number of hydrogen-bond acceptors (Lipinski definition) is 3. The second kappa shape index (κ2) is 4.62. The van der Waals surface area contributed by atoms with Crippen LogP contribution < -0.4 is 0 Å². The minimum absolute atomic E-state index is 0.00958. The van der Waals surface area contributed by atoms with Crippen molar-refractivity contribution in [3.05, 3.63) is 17.5 Å². The quantitative estimate of drug-likeness (QED) is 0.912. The lowest BCUT2D eigenvalue weighted by molar-refractivity contribution is -0.193. The van der Waals surface area contributed by atoms with Crippen molar-refractivity contribution in [2.75, 3.05) is 0 Å². The molecule has 4 nitrogen and oxygen atoms in total. The summed E-state index contributed by atoms with van der Waals surface area (Å²) in [5.74, 6) is -3.96. The highest BCUT2D eigenvalue weighted by molar-refractivity contribution is 5.71. The molecule has 1 N–H and O–H groups in total. The number of carboxylic acids is 1. The predicted octanol–water partition coefficient (Wildman–Crippen LogP) is 2.78. The summed E-state index contributed by atoms with van der Waals surface area (Å²) in [5.41, 5.74) is -0.396. The molecule has 102 valence electrons. The van der Waals surface area contributed by atoms with E-state index in [2.05, 4.69) is 5.16 Å². The van der Waals surface area contributed by atoms with E-state index in [9.17, 15) is 18.0 Å². The summed E-state index contributed by atoms with van der Waals surface area (Å²) in [6.45, 7) is 5.45. The number of aliphatic carboxylic acids is 1. The molecule has 7 heteroatoms. The zero-order valence-corrected chi connectivity index (χ0v) is 10.2. The van der Waals surface area contributed by atoms with Gasteiger partial charge >= 0.3 is 12.1 Å². The summed E-state index contributed by atoms with van der Waals surface area (Å²) in [5, 5.41) is 12.0. The molecule has 0 saturated carbocycles. The van der Waals surface area contributed by atoms with E-state index in [-0.39, 0.29) is 11.1 Å². The highest BCUT2D eigenvalue weighted by Crippen LogP contribution is 2.30. The molecule has 18 heavy (non-hydrogen) atoms. The molecule has 0 amide bonds. The van der Waals surface area contributed by atoms with Crippen LogP contribution in [0.2, 0.25) is 0 Å². The van der Waals surface area contributed by atoms with Gasteiger partial charge in [-0.25, -0.2) is 0 Å². The van der Waals surface area contributed by atoms with Gasteiger partial charge in [0.1, 0.15) is 5.76 Å². The van der Waals surface area contributed by atoms with Crippen molar-refractivity contribution < 1.29 is 27.6 Å². The Labute approximate surface area is 102 Å². The second-order valence-electron chi connectivity index (χ2n) is 5.07. The molecule has 1 aromatic rings. The Morgan fingerprint density at radius 1 is 1.44 bits per heavy atom. The molecular formula is C11H14F3NO3. The van der Waals surface area contributed by atoms with Crippen molar-refractivity contribution >= 4 is 5.97 Å². The summed E-state index contributed by atoms with van der Waals surface area (Å²) < 4.78 is 42.3. The van der Waals surface area contributed by atoms with Crippen molar-refractivity contribution in [1.29, 1.82) is 0 Å². The standard InChI is InChI=1S/C11H14F3NO3/c1-10(2,3)8-5-6(15-18-8)4-7(9(16)17)11(12,13)14/h5,7H,4H2,1-3H3,(H,16,17). The molecule has 0 fully saturated rings. The third kappa shape index (κ3) is 3.48. The largest absolute Gasteiger partial charge is 0.481 e. The van der Waals surface area contributed by atoms with Crippen molar-refractivity contribution in [2.45, 2.75) is 38.8 Å². The Hall–Kier alpha value is -1.53. The molecule has 0 aromatic carbocycles. The minimum Gasteiger partial charge on any atom is -0.481 e. The molecule has 0 radical (unpaired) electrons. The summed E-state index contributed by atoms with van der Waals surface area (Å²) >= 11 is 0. The first-order valence-electron chi connectivity index (χ1n) is 5.27. The van der Waals surface area contributed by atoms with E-state index in [1.165, 1.54) is 6.07 Å². The third-order valence-corrected chi connectivity index (χ3v) is 2.40. The van der Waals surface area contributed by atoms with E-state index in [1.807, 2.05) is 20.8 Å². The first kappa shape index (κ1) is 14.5. The van der Waals surface area contributed by atoms with Crippen LogP contribution in [0.25, 0.3) is 0 Å². The third-order valence-electron chi connectivity index (χ3n) is 2.40. The highest BCUT2D eigenvalue weighted by Gasteiger charge is 2.45. The van der Waals surface area contributed by atoms with Gasteiger partial charge in [0.25, 0.3) is 0 Å². The lowest BCUT2D eigenvalue weighted by atomic mass is 9.92. The van der Waals surface area contributed by atoms with Gasteiger partial charge in [-0.1, -0.05) is 25.9 Å². The number of carbonyl (C=O) groups is 1. The first-order chi connectivity index (χ1) is 8.01. The fourth-order valence-corrected chi connectivity index (χ4v) is 1.31.